The molecule has 25 heavy (non-hydrogen) atoms. The van der Waals surface area contributed by atoms with Crippen LogP contribution in [0.25, 0.3) is 11.3 Å². The number of halogens is 3. The number of rotatable bonds is 3. The van der Waals surface area contributed by atoms with Crippen molar-refractivity contribution >= 4 is 17.8 Å². The highest BCUT2D eigenvalue weighted by molar-refractivity contribution is 5.99. The van der Waals surface area contributed by atoms with Crippen molar-refractivity contribution < 1.29 is 37.0 Å². The molecule has 0 radical (unpaired) electrons. The quantitative estimate of drug-likeness (QED) is 0.792. The normalized spacial score (nSPS) is 10.5. The summed E-state index contributed by atoms with van der Waals surface area (Å²) in [5.74, 6) is -7.08. The van der Waals surface area contributed by atoms with Crippen molar-refractivity contribution in [2.24, 2.45) is 0 Å². The van der Waals surface area contributed by atoms with Crippen LogP contribution in [0.15, 0.2) is 18.3 Å². The van der Waals surface area contributed by atoms with Crippen molar-refractivity contribution in [3.05, 3.63) is 41.3 Å². The van der Waals surface area contributed by atoms with Crippen molar-refractivity contribution in [1.82, 2.24) is 4.57 Å². The van der Waals surface area contributed by atoms with Gasteiger partial charge in [-0.05, 0) is 0 Å². The first kappa shape index (κ1) is 18.2. The predicted molar refractivity (Wildman–Crippen MR) is 78.7 cm³/mol. The highest BCUT2D eigenvalue weighted by Crippen LogP contribution is 2.39. The summed E-state index contributed by atoms with van der Waals surface area (Å²) in [7, 11) is 1.03. The smallest absolute Gasteiger partial charge is 0.343 e. The second-order valence-corrected chi connectivity index (χ2v) is 4.94. The van der Waals surface area contributed by atoms with Crippen molar-refractivity contribution in [1.29, 1.82) is 0 Å². The van der Waals surface area contributed by atoms with Crippen LogP contribution in [0.5, 0.6) is 5.75 Å². The first-order chi connectivity index (χ1) is 11.7. The maximum atomic E-state index is 14.2. The Balaban J connectivity index is 2.92. The van der Waals surface area contributed by atoms with Gasteiger partial charge < -0.3 is 9.47 Å². The van der Waals surface area contributed by atoms with Gasteiger partial charge in [-0.15, -0.1) is 0 Å². The first-order valence-corrected chi connectivity index (χ1v) is 6.85. The molecule has 0 N–H and O–H groups in total. The monoisotopic (exact) mass is 355 g/mol. The second kappa shape index (κ2) is 6.80. The van der Waals surface area contributed by atoms with Gasteiger partial charge >= 0.3 is 11.9 Å². The molecular formula is C16H12F3NO5. The molecule has 0 bridgehead atoms. The Kier molecular flexibility index (Phi) is 4.96. The van der Waals surface area contributed by atoms with E-state index in [1.54, 1.807) is 0 Å². The van der Waals surface area contributed by atoms with Gasteiger partial charge in [0.15, 0.2) is 5.75 Å². The molecule has 0 amide bonds. The molecule has 0 aliphatic carbocycles. The number of esters is 2. The van der Waals surface area contributed by atoms with Crippen LogP contribution in [0.1, 0.15) is 29.0 Å². The van der Waals surface area contributed by atoms with Crippen LogP contribution in [-0.2, 0) is 9.53 Å². The fraction of sp³-hybridized carbons (Fsp3) is 0.188. The highest BCUT2D eigenvalue weighted by Gasteiger charge is 2.30. The van der Waals surface area contributed by atoms with Gasteiger partial charge in [-0.1, -0.05) is 0 Å². The van der Waals surface area contributed by atoms with E-state index in [1.807, 2.05) is 0 Å². The van der Waals surface area contributed by atoms with Gasteiger partial charge in [-0.25, -0.2) is 18.0 Å². The molecular weight excluding hydrogens is 343 g/mol. The molecule has 1 aromatic heterocycles. The summed E-state index contributed by atoms with van der Waals surface area (Å²) < 4.78 is 51.7. The van der Waals surface area contributed by atoms with Gasteiger partial charge in [0.2, 0.25) is 5.91 Å². The van der Waals surface area contributed by atoms with Crippen molar-refractivity contribution in [3.8, 4) is 17.0 Å². The van der Waals surface area contributed by atoms with E-state index in [0.29, 0.717) is 16.7 Å². The lowest BCUT2D eigenvalue weighted by Crippen LogP contribution is -2.10. The molecule has 1 aromatic carbocycles. The second-order valence-electron chi connectivity index (χ2n) is 4.94. The summed E-state index contributed by atoms with van der Waals surface area (Å²) in [5, 5.41) is 0. The number of carbonyl (C=O) groups excluding carboxylic acids is 3. The molecule has 0 atom stereocenters. The van der Waals surface area contributed by atoms with Crippen LogP contribution in [0.4, 0.5) is 13.2 Å². The largest absolute Gasteiger partial charge is 0.465 e. The lowest BCUT2D eigenvalue weighted by molar-refractivity contribution is -0.131. The Bertz CT molecular complexity index is 865. The summed E-state index contributed by atoms with van der Waals surface area (Å²) >= 11 is 0. The summed E-state index contributed by atoms with van der Waals surface area (Å²) in [6.45, 7) is 2.05. The number of hydrogen-bond acceptors (Lipinski definition) is 5. The van der Waals surface area contributed by atoms with Crippen molar-refractivity contribution in [3.63, 3.8) is 0 Å². The molecule has 6 nitrogen and oxygen atoms in total. The number of benzene rings is 1. The van der Waals surface area contributed by atoms with Gasteiger partial charge in [0, 0.05) is 32.2 Å². The Morgan fingerprint density at radius 2 is 1.60 bits per heavy atom. The van der Waals surface area contributed by atoms with Crippen LogP contribution in [0.3, 0.4) is 0 Å². The van der Waals surface area contributed by atoms with Crippen LogP contribution in [0, 0.1) is 17.5 Å². The molecule has 0 saturated carbocycles. The van der Waals surface area contributed by atoms with Gasteiger partial charge in [-0.2, -0.15) is 0 Å². The lowest BCUT2D eigenvalue weighted by Gasteiger charge is -2.11. The van der Waals surface area contributed by atoms with Crippen LogP contribution < -0.4 is 4.74 Å². The molecule has 2 rings (SSSR count). The van der Waals surface area contributed by atoms with Crippen LogP contribution in [-0.4, -0.2) is 29.5 Å². The van der Waals surface area contributed by atoms with E-state index >= 15 is 0 Å². The fourth-order valence-corrected chi connectivity index (χ4v) is 2.24. The van der Waals surface area contributed by atoms with E-state index in [0.717, 1.165) is 27.2 Å². The molecule has 0 aliphatic heterocycles. The summed E-state index contributed by atoms with van der Waals surface area (Å²) in [5.41, 5.74) is -1.77. The molecule has 132 valence electrons. The Morgan fingerprint density at radius 3 is 2.04 bits per heavy atom. The predicted octanol–water partition coefficient (Wildman–Crippen LogP) is 2.94. The van der Waals surface area contributed by atoms with Gasteiger partial charge in [-0.3, -0.25) is 14.2 Å². The van der Waals surface area contributed by atoms with Gasteiger partial charge in [0.1, 0.15) is 28.7 Å². The molecule has 0 fully saturated rings. The third-order valence-corrected chi connectivity index (χ3v) is 3.19. The molecule has 0 unspecified atom stereocenters. The zero-order chi connectivity index (χ0) is 18.9. The molecule has 1 heterocycles. The molecule has 9 heteroatoms. The summed E-state index contributed by atoms with van der Waals surface area (Å²) in [6, 6.07) is 0.788. The third-order valence-electron chi connectivity index (χ3n) is 3.19. The lowest BCUT2D eigenvalue weighted by atomic mass is 10.1. The standard InChI is InChI=1S/C16H12F3NO5/c1-7(21)20-6-10(16(23)24-3)15(25-8(2)22)14(20)13-11(18)4-9(17)5-12(13)19/h4-6H,1-3H3. The number of methoxy groups -OCH3 is 1. The fourth-order valence-electron chi connectivity index (χ4n) is 2.24. The van der Waals surface area contributed by atoms with Crippen LogP contribution >= 0.6 is 0 Å². The molecule has 2 aromatic rings. The first-order valence-electron chi connectivity index (χ1n) is 6.85. The average Bonchev–Trinajstić information content (AvgIpc) is 2.84. The van der Waals surface area contributed by atoms with Crippen molar-refractivity contribution in [2.45, 2.75) is 13.8 Å². The number of aromatic nitrogens is 1. The zero-order valence-corrected chi connectivity index (χ0v) is 13.4. The Morgan fingerprint density at radius 1 is 1.04 bits per heavy atom. The zero-order valence-electron chi connectivity index (χ0n) is 13.4. The van der Waals surface area contributed by atoms with E-state index in [4.69, 9.17) is 4.74 Å². The number of nitrogens with zero attached hydrogens (tertiary/aromatic N) is 1. The maximum Gasteiger partial charge on any atom is 0.343 e. The van der Waals surface area contributed by atoms with Crippen molar-refractivity contribution in [2.75, 3.05) is 7.11 Å². The minimum absolute atomic E-state index is 0.394. The molecule has 0 saturated heterocycles. The third kappa shape index (κ3) is 3.39. The van der Waals surface area contributed by atoms with E-state index in [2.05, 4.69) is 4.74 Å². The van der Waals surface area contributed by atoms with Gasteiger partial charge in [0.25, 0.3) is 0 Å². The highest BCUT2D eigenvalue weighted by atomic mass is 19.1. The van der Waals surface area contributed by atoms with E-state index in [9.17, 15) is 27.6 Å². The molecule has 0 spiro atoms. The Labute approximate surface area is 139 Å². The Hall–Kier alpha value is -3.10. The minimum atomic E-state index is -1.34. The number of ether oxygens (including phenoxy) is 2. The van der Waals surface area contributed by atoms with E-state index in [1.165, 1.54) is 0 Å². The number of hydrogen-bond donors (Lipinski definition) is 0. The maximum absolute atomic E-state index is 14.2. The topological polar surface area (TPSA) is 74.6 Å². The van der Waals surface area contributed by atoms with E-state index in [-0.39, 0.29) is 0 Å². The minimum Gasteiger partial charge on any atom is -0.465 e. The molecule has 0 aliphatic rings. The average molecular weight is 355 g/mol. The number of carbonyl (C=O) groups is 3. The van der Waals surface area contributed by atoms with Gasteiger partial charge in [0.05, 0.1) is 12.7 Å². The SMILES string of the molecule is COC(=O)c1cn(C(C)=O)c(-c2c(F)cc(F)cc2F)c1OC(C)=O. The van der Waals surface area contributed by atoms with Crippen LogP contribution in [0.2, 0.25) is 0 Å². The summed E-state index contributed by atoms with van der Waals surface area (Å²) in [4.78, 5) is 35.1. The summed E-state index contributed by atoms with van der Waals surface area (Å²) in [6.07, 6.45) is 0.921. The van der Waals surface area contributed by atoms with E-state index < -0.39 is 57.9 Å².